The number of rotatable bonds is 1. The molecule has 1 aliphatic rings. The minimum absolute atomic E-state index is 0.0109. The summed E-state index contributed by atoms with van der Waals surface area (Å²) in [5.74, 6) is -0.0894. The number of fused-ring (bicyclic) bond motifs is 1. The molecule has 0 saturated heterocycles. The van der Waals surface area contributed by atoms with Gasteiger partial charge in [-0.15, -0.1) is 0 Å². The first-order chi connectivity index (χ1) is 11.2. The van der Waals surface area contributed by atoms with Gasteiger partial charge in [0.25, 0.3) is 0 Å². The maximum Gasteiger partial charge on any atom is 0.167 e. The molecule has 0 unspecified atom stereocenters. The van der Waals surface area contributed by atoms with Gasteiger partial charge in [0.2, 0.25) is 0 Å². The largest absolute Gasteiger partial charge is 0.294 e. The van der Waals surface area contributed by atoms with Crippen LogP contribution in [0.1, 0.15) is 27.9 Å². The Kier molecular flexibility index (Phi) is 3.47. The average Bonchev–Trinajstić information content (AvgIpc) is 2.92. The molecule has 4 nitrogen and oxygen atoms in total. The van der Waals surface area contributed by atoms with Gasteiger partial charge in [0.1, 0.15) is 17.7 Å². The zero-order valence-corrected chi connectivity index (χ0v) is 12.0. The highest BCUT2D eigenvalue weighted by atomic mass is 16.1. The van der Waals surface area contributed by atoms with Gasteiger partial charge in [-0.25, -0.2) is 0 Å². The van der Waals surface area contributed by atoms with Gasteiger partial charge in [-0.05, 0) is 40.5 Å². The molecule has 0 atom stereocenters. The van der Waals surface area contributed by atoms with E-state index in [0.717, 1.165) is 11.1 Å². The lowest BCUT2D eigenvalue weighted by Crippen LogP contribution is -1.91. The molecule has 23 heavy (non-hydrogen) atoms. The van der Waals surface area contributed by atoms with Crippen molar-refractivity contribution in [1.29, 1.82) is 15.8 Å². The van der Waals surface area contributed by atoms with Crippen LogP contribution in [0.2, 0.25) is 0 Å². The molecule has 0 N–H and O–H groups in total. The van der Waals surface area contributed by atoms with Crippen molar-refractivity contribution in [2.75, 3.05) is 0 Å². The molecule has 2 aromatic rings. The summed E-state index contributed by atoms with van der Waals surface area (Å²) in [6, 6.07) is 18.3. The minimum atomic E-state index is -0.0894. The molecule has 3 rings (SSSR count). The summed E-state index contributed by atoms with van der Waals surface area (Å²) in [4.78, 5) is 12.2. The Morgan fingerprint density at radius 1 is 0.870 bits per heavy atom. The Morgan fingerprint density at radius 2 is 1.52 bits per heavy atom. The van der Waals surface area contributed by atoms with Gasteiger partial charge in [0.05, 0.1) is 11.6 Å². The number of carbonyl (C=O) groups is 1. The fourth-order valence-electron chi connectivity index (χ4n) is 2.69. The maximum absolute atomic E-state index is 12.2. The van der Waals surface area contributed by atoms with Gasteiger partial charge in [-0.1, -0.05) is 24.3 Å². The number of benzene rings is 2. The SMILES string of the molecule is N#CC(C#N)=C1CC(=O)c2cc(-c3ccc(C#N)cc3)ccc21. The van der Waals surface area contributed by atoms with E-state index >= 15 is 0 Å². The Balaban J connectivity index is 2.11. The summed E-state index contributed by atoms with van der Waals surface area (Å²) >= 11 is 0. The van der Waals surface area contributed by atoms with Crippen molar-refractivity contribution in [3.63, 3.8) is 0 Å². The molecule has 0 bridgehead atoms. The molecule has 1 aliphatic carbocycles. The lowest BCUT2D eigenvalue weighted by atomic mass is 9.97. The summed E-state index contributed by atoms with van der Waals surface area (Å²) in [6.45, 7) is 0. The van der Waals surface area contributed by atoms with Crippen LogP contribution in [-0.2, 0) is 0 Å². The first-order valence-corrected chi connectivity index (χ1v) is 6.89. The van der Waals surface area contributed by atoms with Crippen molar-refractivity contribution in [2.45, 2.75) is 6.42 Å². The lowest BCUT2D eigenvalue weighted by Gasteiger charge is -2.05. The molecule has 0 aliphatic heterocycles. The Bertz CT molecular complexity index is 961. The molecular weight excluding hydrogens is 286 g/mol. The first kappa shape index (κ1) is 14.3. The monoisotopic (exact) mass is 295 g/mol. The molecule has 0 aromatic heterocycles. The second kappa shape index (κ2) is 5.60. The second-order valence-corrected chi connectivity index (χ2v) is 5.13. The first-order valence-electron chi connectivity index (χ1n) is 6.89. The molecule has 0 saturated carbocycles. The highest BCUT2D eigenvalue weighted by Crippen LogP contribution is 2.36. The number of allylic oxidation sites excluding steroid dienone is 2. The molecule has 0 heterocycles. The number of Topliss-reactive ketones (excluding diaryl/α,β-unsaturated/α-hetero) is 1. The Hall–Kier alpha value is -3.68. The van der Waals surface area contributed by atoms with Crippen molar-refractivity contribution < 1.29 is 4.79 Å². The highest BCUT2D eigenvalue weighted by molar-refractivity contribution is 6.13. The van der Waals surface area contributed by atoms with E-state index < -0.39 is 0 Å². The lowest BCUT2D eigenvalue weighted by molar-refractivity contribution is 0.100. The third-order valence-electron chi connectivity index (χ3n) is 3.86. The third kappa shape index (κ3) is 2.38. The van der Waals surface area contributed by atoms with Crippen LogP contribution in [-0.4, -0.2) is 5.78 Å². The van der Waals surface area contributed by atoms with E-state index in [4.69, 9.17) is 15.8 Å². The van der Waals surface area contributed by atoms with Crippen LogP contribution in [0.5, 0.6) is 0 Å². The average molecular weight is 295 g/mol. The van der Waals surface area contributed by atoms with E-state index in [9.17, 15) is 4.79 Å². The molecule has 0 amide bonds. The maximum atomic E-state index is 12.2. The minimum Gasteiger partial charge on any atom is -0.294 e. The molecule has 0 spiro atoms. The van der Waals surface area contributed by atoms with Crippen LogP contribution in [0.25, 0.3) is 16.7 Å². The number of nitriles is 3. The highest BCUT2D eigenvalue weighted by Gasteiger charge is 2.27. The predicted octanol–water partition coefficient (Wildman–Crippen LogP) is 3.61. The molecule has 0 radical (unpaired) electrons. The fraction of sp³-hybridized carbons (Fsp3) is 0.0526. The van der Waals surface area contributed by atoms with Crippen LogP contribution in [0, 0.1) is 34.0 Å². The molecule has 106 valence electrons. The van der Waals surface area contributed by atoms with E-state index in [1.807, 2.05) is 30.3 Å². The smallest absolute Gasteiger partial charge is 0.167 e. The van der Waals surface area contributed by atoms with Gasteiger partial charge in [0, 0.05) is 12.0 Å². The number of ketones is 1. The Labute approximate surface area is 133 Å². The molecule has 0 fully saturated rings. The summed E-state index contributed by atoms with van der Waals surface area (Å²) < 4.78 is 0. The number of nitrogens with zero attached hydrogens (tertiary/aromatic N) is 3. The Morgan fingerprint density at radius 3 is 2.13 bits per heavy atom. The topological polar surface area (TPSA) is 88.4 Å². The van der Waals surface area contributed by atoms with Crippen LogP contribution in [0.4, 0.5) is 0 Å². The van der Waals surface area contributed by atoms with Gasteiger partial charge in [-0.2, -0.15) is 15.8 Å². The van der Waals surface area contributed by atoms with Crippen molar-refractivity contribution >= 4 is 11.4 Å². The fourth-order valence-corrected chi connectivity index (χ4v) is 2.69. The second-order valence-electron chi connectivity index (χ2n) is 5.13. The quantitative estimate of drug-likeness (QED) is 0.752. The molecule has 2 aromatic carbocycles. The zero-order valence-electron chi connectivity index (χ0n) is 12.0. The van der Waals surface area contributed by atoms with Crippen LogP contribution in [0.15, 0.2) is 48.0 Å². The predicted molar refractivity (Wildman–Crippen MR) is 83.7 cm³/mol. The molecule has 4 heteroatoms. The van der Waals surface area contributed by atoms with Crippen LogP contribution >= 0.6 is 0 Å². The van der Waals surface area contributed by atoms with Gasteiger partial charge < -0.3 is 0 Å². The number of hydrogen-bond acceptors (Lipinski definition) is 4. The normalized spacial score (nSPS) is 12.0. The van der Waals surface area contributed by atoms with Crippen molar-refractivity contribution in [2.24, 2.45) is 0 Å². The van der Waals surface area contributed by atoms with Crippen molar-refractivity contribution in [3.05, 3.63) is 64.7 Å². The van der Waals surface area contributed by atoms with Crippen LogP contribution in [0.3, 0.4) is 0 Å². The summed E-state index contributed by atoms with van der Waals surface area (Å²) in [5, 5.41) is 26.9. The van der Waals surface area contributed by atoms with E-state index in [-0.39, 0.29) is 17.8 Å². The van der Waals surface area contributed by atoms with E-state index in [0.29, 0.717) is 22.3 Å². The molecular formula is C19H9N3O. The van der Waals surface area contributed by atoms with Gasteiger partial charge in [0.15, 0.2) is 5.78 Å². The van der Waals surface area contributed by atoms with E-state index in [1.165, 1.54) is 0 Å². The third-order valence-corrected chi connectivity index (χ3v) is 3.86. The number of hydrogen-bond donors (Lipinski definition) is 0. The standard InChI is InChI=1S/C19H9N3O/c20-9-12-1-3-13(4-2-12)14-5-6-16-17(15(10-21)11-22)8-19(23)18(16)7-14/h1-7H,8H2. The van der Waals surface area contributed by atoms with Gasteiger partial charge in [-0.3, -0.25) is 4.79 Å². The van der Waals surface area contributed by atoms with E-state index in [1.54, 1.807) is 24.3 Å². The van der Waals surface area contributed by atoms with Gasteiger partial charge >= 0.3 is 0 Å². The summed E-state index contributed by atoms with van der Waals surface area (Å²) in [6.07, 6.45) is 0.0859. The van der Waals surface area contributed by atoms with Crippen molar-refractivity contribution in [3.8, 4) is 29.3 Å². The van der Waals surface area contributed by atoms with E-state index in [2.05, 4.69) is 6.07 Å². The van der Waals surface area contributed by atoms with Crippen LogP contribution < -0.4 is 0 Å². The van der Waals surface area contributed by atoms with Crippen molar-refractivity contribution in [1.82, 2.24) is 0 Å². The summed E-state index contributed by atoms with van der Waals surface area (Å²) in [5.41, 5.74) is 4.01. The zero-order chi connectivity index (χ0) is 16.4. The number of carbonyl (C=O) groups excluding carboxylic acids is 1. The summed E-state index contributed by atoms with van der Waals surface area (Å²) in [7, 11) is 0.